The van der Waals surface area contributed by atoms with Crippen LogP contribution in [0.3, 0.4) is 0 Å². The highest BCUT2D eigenvalue weighted by molar-refractivity contribution is 5.73. The number of rotatable bonds is 5. The fourth-order valence-electron chi connectivity index (χ4n) is 1.28. The molecule has 1 rings (SSSR count). The summed E-state index contributed by atoms with van der Waals surface area (Å²) < 4.78 is 5.01. The number of nitrogens with zero attached hydrogens (tertiary/aromatic N) is 1. The summed E-state index contributed by atoms with van der Waals surface area (Å²) in [6, 6.07) is 7.15. The van der Waals surface area contributed by atoms with Gasteiger partial charge in [0, 0.05) is 12.7 Å². The minimum atomic E-state index is -1.38. The van der Waals surface area contributed by atoms with Crippen molar-refractivity contribution in [1.29, 1.82) is 0 Å². The van der Waals surface area contributed by atoms with E-state index < -0.39 is 12.1 Å². The number of carbonyl (C=O) groups is 1. The van der Waals surface area contributed by atoms with Crippen LogP contribution in [-0.2, 0) is 4.79 Å². The first-order valence-corrected chi connectivity index (χ1v) is 4.80. The molecule has 1 aromatic carbocycles. The van der Waals surface area contributed by atoms with E-state index in [2.05, 4.69) is 0 Å². The number of hydrogen-bond donors (Lipinski definition) is 2. The van der Waals surface area contributed by atoms with Crippen LogP contribution in [0, 0.1) is 0 Å². The van der Waals surface area contributed by atoms with Gasteiger partial charge in [-0.25, -0.2) is 4.79 Å². The highest BCUT2D eigenvalue weighted by Gasteiger charge is 2.15. The molecule has 1 aromatic rings. The molecule has 1 unspecified atom stereocenters. The Balaban J connectivity index is 2.65. The molecule has 0 radical (unpaired) electrons. The quantitative estimate of drug-likeness (QED) is 0.767. The average Bonchev–Trinajstić information content (AvgIpc) is 2.28. The van der Waals surface area contributed by atoms with Gasteiger partial charge in [0.2, 0.25) is 0 Å². The zero-order valence-corrected chi connectivity index (χ0v) is 9.25. The highest BCUT2D eigenvalue weighted by atomic mass is 16.5. The lowest BCUT2D eigenvalue weighted by atomic mass is 10.2. The van der Waals surface area contributed by atoms with Crippen LogP contribution in [0.5, 0.6) is 5.75 Å². The van der Waals surface area contributed by atoms with E-state index in [9.17, 15) is 9.90 Å². The maximum absolute atomic E-state index is 10.5. The number of anilines is 1. The summed E-state index contributed by atoms with van der Waals surface area (Å²) in [6.07, 6.45) is -1.38. The number of aliphatic hydroxyl groups is 1. The summed E-state index contributed by atoms with van der Waals surface area (Å²) in [5.74, 6) is -0.490. The molecule has 0 saturated heterocycles. The second-order valence-corrected chi connectivity index (χ2v) is 3.43. The SMILES string of the molecule is COc1ccc(N(C)CC(O)C(=O)O)cc1. The first-order valence-electron chi connectivity index (χ1n) is 4.80. The zero-order chi connectivity index (χ0) is 12.1. The Hall–Kier alpha value is -1.75. The van der Waals surface area contributed by atoms with Gasteiger partial charge in [0.25, 0.3) is 0 Å². The number of likely N-dealkylation sites (N-methyl/N-ethyl adjacent to an activating group) is 1. The molecule has 0 aromatic heterocycles. The molecule has 1 atom stereocenters. The van der Waals surface area contributed by atoms with Gasteiger partial charge in [-0.15, -0.1) is 0 Å². The van der Waals surface area contributed by atoms with Crippen LogP contribution in [0.2, 0.25) is 0 Å². The molecule has 5 heteroatoms. The van der Waals surface area contributed by atoms with Crippen molar-refractivity contribution in [3.05, 3.63) is 24.3 Å². The van der Waals surface area contributed by atoms with E-state index in [1.165, 1.54) is 0 Å². The summed E-state index contributed by atoms with van der Waals surface area (Å²) in [6.45, 7) is 0.0433. The van der Waals surface area contributed by atoms with Gasteiger partial charge in [-0.2, -0.15) is 0 Å². The van der Waals surface area contributed by atoms with Gasteiger partial charge in [0.05, 0.1) is 13.7 Å². The van der Waals surface area contributed by atoms with Gasteiger partial charge in [0.15, 0.2) is 6.10 Å². The van der Waals surface area contributed by atoms with Gasteiger partial charge >= 0.3 is 5.97 Å². The molecule has 0 saturated carbocycles. The number of aliphatic hydroxyl groups excluding tert-OH is 1. The summed E-state index contributed by atoms with van der Waals surface area (Å²) in [5, 5.41) is 17.8. The minimum absolute atomic E-state index is 0.0433. The molecule has 0 aliphatic carbocycles. The molecule has 0 aliphatic heterocycles. The fourth-order valence-corrected chi connectivity index (χ4v) is 1.28. The second kappa shape index (κ2) is 5.37. The minimum Gasteiger partial charge on any atom is -0.497 e. The van der Waals surface area contributed by atoms with Gasteiger partial charge < -0.3 is 19.8 Å². The molecular weight excluding hydrogens is 210 g/mol. The Kier molecular flexibility index (Phi) is 4.13. The number of methoxy groups -OCH3 is 1. The van der Waals surface area contributed by atoms with Gasteiger partial charge in [-0.05, 0) is 24.3 Å². The molecular formula is C11H15NO4. The van der Waals surface area contributed by atoms with Crippen molar-refractivity contribution in [2.24, 2.45) is 0 Å². The molecule has 0 heterocycles. The lowest BCUT2D eigenvalue weighted by Gasteiger charge is -2.20. The maximum Gasteiger partial charge on any atom is 0.334 e. The van der Waals surface area contributed by atoms with E-state index in [0.29, 0.717) is 0 Å². The number of carboxylic acids is 1. The van der Waals surface area contributed by atoms with E-state index in [0.717, 1.165) is 11.4 Å². The second-order valence-electron chi connectivity index (χ2n) is 3.43. The van der Waals surface area contributed by atoms with Crippen molar-refractivity contribution in [1.82, 2.24) is 0 Å². The van der Waals surface area contributed by atoms with Crippen molar-refractivity contribution in [2.45, 2.75) is 6.10 Å². The van der Waals surface area contributed by atoms with Crippen molar-refractivity contribution in [2.75, 3.05) is 25.6 Å². The first-order chi connectivity index (χ1) is 7.54. The lowest BCUT2D eigenvalue weighted by Crippen LogP contribution is -2.34. The largest absolute Gasteiger partial charge is 0.497 e. The molecule has 5 nitrogen and oxygen atoms in total. The molecule has 0 amide bonds. The van der Waals surface area contributed by atoms with Crippen molar-refractivity contribution < 1.29 is 19.7 Å². The van der Waals surface area contributed by atoms with Crippen LogP contribution in [0.4, 0.5) is 5.69 Å². The fraction of sp³-hybridized carbons (Fsp3) is 0.364. The van der Waals surface area contributed by atoms with Crippen molar-refractivity contribution in [3.8, 4) is 5.75 Å². The standard InChI is InChI=1S/C11H15NO4/c1-12(7-10(13)11(14)15)8-3-5-9(16-2)6-4-8/h3-6,10,13H,7H2,1-2H3,(H,14,15). The Labute approximate surface area is 93.9 Å². The number of hydrogen-bond acceptors (Lipinski definition) is 4. The summed E-state index contributed by atoms with van der Waals surface area (Å²) >= 11 is 0. The zero-order valence-electron chi connectivity index (χ0n) is 9.25. The third-order valence-electron chi connectivity index (χ3n) is 2.25. The third kappa shape index (κ3) is 3.13. The highest BCUT2D eigenvalue weighted by Crippen LogP contribution is 2.18. The molecule has 0 aliphatic rings. The van der Waals surface area contributed by atoms with E-state index in [-0.39, 0.29) is 6.54 Å². The van der Waals surface area contributed by atoms with Crippen LogP contribution in [0.1, 0.15) is 0 Å². The number of ether oxygens (including phenoxy) is 1. The number of aliphatic carboxylic acids is 1. The number of benzene rings is 1. The van der Waals surface area contributed by atoms with Crippen LogP contribution in [-0.4, -0.2) is 43.0 Å². The predicted molar refractivity (Wildman–Crippen MR) is 59.9 cm³/mol. The predicted octanol–water partition coefficient (Wildman–Crippen LogP) is 0.577. The Morgan fingerprint density at radius 1 is 1.44 bits per heavy atom. The van der Waals surface area contributed by atoms with Crippen LogP contribution in [0.15, 0.2) is 24.3 Å². The summed E-state index contributed by atoms with van der Waals surface area (Å²) in [5.41, 5.74) is 0.820. The van der Waals surface area contributed by atoms with Gasteiger partial charge in [-0.1, -0.05) is 0 Å². The Morgan fingerprint density at radius 3 is 2.44 bits per heavy atom. The van der Waals surface area contributed by atoms with Crippen molar-refractivity contribution in [3.63, 3.8) is 0 Å². The third-order valence-corrected chi connectivity index (χ3v) is 2.25. The molecule has 16 heavy (non-hydrogen) atoms. The van der Waals surface area contributed by atoms with Crippen LogP contribution in [0.25, 0.3) is 0 Å². The van der Waals surface area contributed by atoms with E-state index in [1.54, 1.807) is 43.3 Å². The van der Waals surface area contributed by atoms with Gasteiger partial charge in [-0.3, -0.25) is 0 Å². The van der Waals surface area contributed by atoms with Crippen molar-refractivity contribution >= 4 is 11.7 Å². The Morgan fingerprint density at radius 2 is 2.00 bits per heavy atom. The van der Waals surface area contributed by atoms with Crippen LogP contribution < -0.4 is 9.64 Å². The molecule has 0 fully saturated rings. The monoisotopic (exact) mass is 225 g/mol. The van der Waals surface area contributed by atoms with E-state index in [1.807, 2.05) is 0 Å². The molecule has 88 valence electrons. The summed E-state index contributed by atoms with van der Waals surface area (Å²) in [7, 11) is 3.29. The lowest BCUT2D eigenvalue weighted by molar-refractivity contribution is -0.146. The maximum atomic E-state index is 10.5. The normalized spacial score (nSPS) is 11.9. The van der Waals surface area contributed by atoms with E-state index in [4.69, 9.17) is 9.84 Å². The van der Waals surface area contributed by atoms with E-state index >= 15 is 0 Å². The van der Waals surface area contributed by atoms with Gasteiger partial charge in [0.1, 0.15) is 5.75 Å². The average molecular weight is 225 g/mol. The first kappa shape index (κ1) is 12.3. The Bertz CT molecular complexity index is 350. The number of carboxylic acid groups (broad SMARTS) is 1. The van der Waals surface area contributed by atoms with Crippen LogP contribution >= 0.6 is 0 Å². The molecule has 0 spiro atoms. The smallest absolute Gasteiger partial charge is 0.334 e. The topological polar surface area (TPSA) is 70.0 Å². The summed E-state index contributed by atoms with van der Waals surface area (Å²) in [4.78, 5) is 12.1. The molecule has 0 bridgehead atoms. The molecule has 2 N–H and O–H groups in total.